The molecule has 1 aromatic heterocycles. The molecule has 0 saturated carbocycles. The maximum Gasteiger partial charge on any atom is 0.224 e. The molecule has 19 heavy (non-hydrogen) atoms. The molecule has 1 N–H and O–H groups in total. The highest BCUT2D eigenvalue weighted by Crippen LogP contribution is 2.21. The van der Waals surface area contributed by atoms with Crippen LogP contribution in [0.5, 0.6) is 0 Å². The summed E-state index contributed by atoms with van der Waals surface area (Å²) in [5.41, 5.74) is 3.77. The number of rotatable bonds is 4. The van der Waals surface area contributed by atoms with Gasteiger partial charge in [0.1, 0.15) is 0 Å². The molecule has 0 spiro atoms. The lowest BCUT2D eigenvalue weighted by Gasteiger charge is -2.13. The molecule has 2 heterocycles. The quantitative estimate of drug-likeness (QED) is 0.907. The van der Waals surface area contributed by atoms with Gasteiger partial charge in [-0.3, -0.25) is 9.78 Å². The number of hydrogen-bond donors (Lipinski definition) is 1. The van der Waals surface area contributed by atoms with Gasteiger partial charge in [-0.25, -0.2) is 0 Å². The maximum absolute atomic E-state index is 12.0. The molecule has 0 radical (unpaired) electrons. The smallest absolute Gasteiger partial charge is 0.224 e. The SMILES string of the molecule is Cc1cc(C)c(NC(=O)CCC2CCCO2)c(C)n1. The third-order valence-corrected chi connectivity index (χ3v) is 3.51. The molecule has 0 aliphatic carbocycles. The van der Waals surface area contributed by atoms with E-state index in [2.05, 4.69) is 10.3 Å². The Morgan fingerprint density at radius 3 is 2.89 bits per heavy atom. The Kier molecular flexibility index (Phi) is 4.53. The average Bonchev–Trinajstić information content (AvgIpc) is 2.84. The summed E-state index contributed by atoms with van der Waals surface area (Å²) in [4.78, 5) is 16.3. The fourth-order valence-electron chi connectivity index (χ4n) is 2.58. The highest BCUT2D eigenvalue weighted by atomic mass is 16.5. The fraction of sp³-hybridized carbons (Fsp3) is 0.600. The van der Waals surface area contributed by atoms with E-state index in [0.717, 1.165) is 48.5 Å². The summed E-state index contributed by atoms with van der Waals surface area (Å²) in [6.45, 7) is 6.72. The minimum absolute atomic E-state index is 0.0485. The molecule has 4 heteroatoms. The number of carbonyl (C=O) groups is 1. The van der Waals surface area contributed by atoms with Crippen molar-refractivity contribution in [1.29, 1.82) is 0 Å². The molecule has 1 atom stereocenters. The van der Waals surface area contributed by atoms with Crippen molar-refractivity contribution >= 4 is 11.6 Å². The normalized spacial score (nSPS) is 18.6. The average molecular weight is 262 g/mol. The zero-order valence-electron chi connectivity index (χ0n) is 12.0. The van der Waals surface area contributed by atoms with Crippen LogP contribution in [0.15, 0.2) is 6.07 Å². The van der Waals surface area contributed by atoms with Crippen LogP contribution in [0.4, 0.5) is 5.69 Å². The number of carbonyl (C=O) groups excluding carboxylic acids is 1. The molecule has 2 rings (SSSR count). The van der Waals surface area contributed by atoms with E-state index in [4.69, 9.17) is 4.74 Å². The highest BCUT2D eigenvalue weighted by molar-refractivity contribution is 5.92. The topological polar surface area (TPSA) is 51.2 Å². The number of hydrogen-bond acceptors (Lipinski definition) is 3. The van der Waals surface area contributed by atoms with Crippen LogP contribution in [-0.4, -0.2) is 23.6 Å². The maximum atomic E-state index is 12.0. The van der Waals surface area contributed by atoms with E-state index < -0.39 is 0 Å². The van der Waals surface area contributed by atoms with E-state index in [1.54, 1.807) is 0 Å². The zero-order chi connectivity index (χ0) is 13.8. The molecular weight excluding hydrogens is 240 g/mol. The van der Waals surface area contributed by atoms with Crippen molar-refractivity contribution in [3.63, 3.8) is 0 Å². The minimum Gasteiger partial charge on any atom is -0.378 e. The van der Waals surface area contributed by atoms with E-state index in [1.807, 2.05) is 26.8 Å². The van der Waals surface area contributed by atoms with Crippen LogP contribution in [-0.2, 0) is 9.53 Å². The summed E-state index contributed by atoms with van der Waals surface area (Å²) >= 11 is 0. The van der Waals surface area contributed by atoms with Gasteiger partial charge in [-0.05, 0) is 51.7 Å². The summed E-state index contributed by atoms with van der Waals surface area (Å²) in [5.74, 6) is 0.0485. The van der Waals surface area contributed by atoms with Crippen molar-refractivity contribution in [3.8, 4) is 0 Å². The van der Waals surface area contributed by atoms with Crippen LogP contribution in [0.2, 0.25) is 0 Å². The van der Waals surface area contributed by atoms with Gasteiger partial charge in [-0.2, -0.15) is 0 Å². The molecule has 1 aliphatic heterocycles. The number of pyridine rings is 1. The minimum atomic E-state index is 0.0485. The number of aromatic nitrogens is 1. The van der Waals surface area contributed by atoms with E-state index in [0.29, 0.717) is 6.42 Å². The standard InChI is InChI=1S/C15H22N2O2/c1-10-9-11(2)16-12(3)15(10)17-14(18)7-6-13-5-4-8-19-13/h9,13H,4-8H2,1-3H3,(H,17,18). The lowest BCUT2D eigenvalue weighted by Crippen LogP contribution is -2.17. The first-order valence-corrected chi connectivity index (χ1v) is 6.92. The molecule has 4 nitrogen and oxygen atoms in total. The van der Waals surface area contributed by atoms with Crippen LogP contribution in [0.25, 0.3) is 0 Å². The summed E-state index contributed by atoms with van der Waals surface area (Å²) in [7, 11) is 0. The van der Waals surface area contributed by atoms with E-state index >= 15 is 0 Å². The van der Waals surface area contributed by atoms with Gasteiger partial charge in [0.25, 0.3) is 0 Å². The third-order valence-electron chi connectivity index (χ3n) is 3.51. The summed E-state index contributed by atoms with van der Waals surface area (Å²) in [6.07, 6.45) is 3.79. The summed E-state index contributed by atoms with van der Waals surface area (Å²) < 4.78 is 5.52. The molecule has 1 aromatic rings. The first kappa shape index (κ1) is 14.0. The number of nitrogens with one attached hydrogen (secondary N) is 1. The predicted octanol–water partition coefficient (Wildman–Crippen LogP) is 2.90. The van der Waals surface area contributed by atoms with Crippen molar-refractivity contribution in [1.82, 2.24) is 4.98 Å². The van der Waals surface area contributed by atoms with Gasteiger partial charge in [0.2, 0.25) is 5.91 Å². The van der Waals surface area contributed by atoms with Crippen molar-refractivity contribution in [2.45, 2.75) is 52.6 Å². The fourth-order valence-corrected chi connectivity index (χ4v) is 2.58. The van der Waals surface area contributed by atoms with Crippen molar-refractivity contribution in [2.75, 3.05) is 11.9 Å². The molecule has 1 fully saturated rings. The summed E-state index contributed by atoms with van der Waals surface area (Å²) in [6, 6.07) is 1.99. The Balaban J connectivity index is 1.91. The Bertz CT molecular complexity index is 442. The monoisotopic (exact) mass is 262 g/mol. The second-order valence-electron chi connectivity index (χ2n) is 5.26. The van der Waals surface area contributed by atoms with Crippen molar-refractivity contribution < 1.29 is 9.53 Å². The highest BCUT2D eigenvalue weighted by Gasteiger charge is 2.17. The lowest BCUT2D eigenvalue weighted by atomic mass is 10.1. The molecule has 0 aromatic carbocycles. The molecule has 1 aliphatic rings. The largest absolute Gasteiger partial charge is 0.378 e. The number of amides is 1. The van der Waals surface area contributed by atoms with Crippen LogP contribution < -0.4 is 5.32 Å². The number of nitrogens with zero attached hydrogens (tertiary/aromatic N) is 1. The predicted molar refractivity (Wildman–Crippen MR) is 75.3 cm³/mol. The second kappa shape index (κ2) is 6.15. The lowest BCUT2D eigenvalue weighted by molar-refractivity contribution is -0.116. The second-order valence-corrected chi connectivity index (χ2v) is 5.26. The van der Waals surface area contributed by atoms with Gasteiger partial charge in [0, 0.05) is 18.7 Å². The van der Waals surface area contributed by atoms with Gasteiger partial charge in [0.15, 0.2) is 0 Å². The van der Waals surface area contributed by atoms with Gasteiger partial charge >= 0.3 is 0 Å². The zero-order valence-corrected chi connectivity index (χ0v) is 12.0. The molecule has 1 unspecified atom stereocenters. The first-order valence-electron chi connectivity index (χ1n) is 6.92. The van der Waals surface area contributed by atoms with E-state index in [1.165, 1.54) is 0 Å². The van der Waals surface area contributed by atoms with Crippen LogP contribution in [0.1, 0.15) is 42.6 Å². The Hall–Kier alpha value is -1.42. The number of aryl methyl sites for hydroxylation is 3. The van der Waals surface area contributed by atoms with Crippen molar-refractivity contribution in [2.24, 2.45) is 0 Å². The third kappa shape index (κ3) is 3.77. The van der Waals surface area contributed by atoms with Gasteiger partial charge in [-0.1, -0.05) is 0 Å². The Morgan fingerprint density at radius 2 is 2.26 bits per heavy atom. The Labute approximate surface area is 114 Å². The molecule has 0 bridgehead atoms. The molecule has 104 valence electrons. The van der Waals surface area contributed by atoms with Crippen LogP contribution in [0.3, 0.4) is 0 Å². The first-order chi connectivity index (χ1) is 9.06. The molecule has 1 saturated heterocycles. The number of anilines is 1. The van der Waals surface area contributed by atoms with E-state index in [-0.39, 0.29) is 12.0 Å². The molecular formula is C15H22N2O2. The number of ether oxygens (including phenoxy) is 1. The Morgan fingerprint density at radius 1 is 1.47 bits per heavy atom. The molecule has 1 amide bonds. The van der Waals surface area contributed by atoms with E-state index in [9.17, 15) is 4.79 Å². The van der Waals surface area contributed by atoms with Gasteiger partial charge < -0.3 is 10.1 Å². The van der Waals surface area contributed by atoms with Crippen LogP contribution in [0, 0.1) is 20.8 Å². The van der Waals surface area contributed by atoms with Crippen LogP contribution >= 0.6 is 0 Å². The van der Waals surface area contributed by atoms with Crippen molar-refractivity contribution in [3.05, 3.63) is 23.0 Å². The van der Waals surface area contributed by atoms with Gasteiger partial charge in [0.05, 0.1) is 17.5 Å². The summed E-state index contributed by atoms with van der Waals surface area (Å²) in [5, 5.41) is 2.97. The van der Waals surface area contributed by atoms with Gasteiger partial charge in [-0.15, -0.1) is 0 Å².